The normalized spacial score (nSPS) is 11.7. The molecule has 0 radical (unpaired) electrons. The molecular formula is C20H19ClN4O. The van der Waals surface area contributed by atoms with Gasteiger partial charge in [-0.1, -0.05) is 29.8 Å². The van der Waals surface area contributed by atoms with Crippen LogP contribution in [0.5, 0.6) is 0 Å². The van der Waals surface area contributed by atoms with Gasteiger partial charge in [0.2, 0.25) is 0 Å². The Hall–Kier alpha value is -2.63. The van der Waals surface area contributed by atoms with E-state index in [9.17, 15) is 4.79 Å². The summed E-state index contributed by atoms with van der Waals surface area (Å²) in [5.41, 5.74) is 3.01. The van der Waals surface area contributed by atoms with Crippen LogP contribution in [0.2, 0.25) is 5.02 Å². The van der Waals surface area contributed by atoms with E-state index in [2.05, 4.69) is 20.6 Å². The molecule has 26 heavy (non-hydrogen) atoms. The first-order valence-corrected chi connectivity index (χ1v) is 8.84. The number of hydrogen-bond donors (Lipinski definition) is 0. The maximum atomic E-state index is 13.0. The summed E-state index contributed by atoms with van der Waals surface area (Å²) in [5.74, 6) is 0. The molecule has 0 fully saturated rings. The number of para-hydroxylation sites is 1. The van der Waals surface area contributed by atoms with Gasteiger partial charge in [-0.05, 0) is 44.4 Å². The first-order valence-electron chi connectivity index (χ1n) is 8.46. The molecule has 4 rings (SSSR count). The highest BCUT2D eigenvalue weighted by molar-refractivity contribution is 6.30. The topological polar surface area (TPSA) is 43.1 Å². The van der Waals surface area contributed by atoms with Crippen molar-refractivity contribution >= 4 is 22.5 Å². The van der Waals surface area contributed by atoms with Crippen LogP contribution in [-0.4, -0.2) is 39.9 Å². The number of pyridine rings is 1. The molecule has 6 heteroatoms. The second-order valence-electron chi connectivity index (χ2n) is 6.60. The van der Waals surface area contributed by atoms with Gasteiger partial charge in [-0.15, -0.1) is 0 Å². The number of nitrogens with zero attached hydrogens (tertiary/aromatic N) is 4. The van der Waals surface area contributed by atoms with Crippen molar-refractivity contribution in [1.29, 1.82) is 0 Å². The molecule has 0 amide bonds. The molecule has 0 atom stereocenters. The van der Waals surface area contributed by atoms with Crippen LogP contribution in [0.1, 0.15) is 0 Å². The van der Waals surface area contributed by atoms with Gasteiger partial charge in [-0.2, -0.15) is 9.78 Å². The average Bonchev–Trinajstić information content (AvgIpc) is 2.97. The maximum Gasteiger partial charge on any atom is 0.282 e. The van der Waals surface area contributed by atoms with E-state index in [1.807, 2.05) is 38.5 Å². The number of halogens is 1. The minimum absolute atomic E-state index is 0.119. The zero-order valence-corrected chi connectivity index (χ0v) is 15.4. The molecule has 0 aromatic heterocycles. The third-order valence-corrected chi connectivity index (χ3v) is 4.74. The summed E-state index contributed by atoms with van der Waals surface area (Å²) in [5, 5.41) is 6.22. The second-order valence-corrected chi connectivity index (χ2v) is 7.04. The summed E-state index contributed by atoms with van der Waals surface area (Å²) in [4.78, 5) is 15.1. The van der Waals surface area contributed by atoms with Crippen molar-refractivity contribution in [3.8, 4) is 16.9 Å². The highest BCUT2D eigenvalue weighted by Gasteiger charge is 2.20. The van der Waals surface area contributed by atoms with Gasteiger partial charge in [0.25, 0.3) is 5.56 Å². The summed E-state index contributed by atoms with van der Waals surface area (Å²) >= 11 is 5.96. The van der Waals surface area contributed by atoms with E-state index in [0.29, 0.717) is 16.3 Å². The van der Waals surface area contributed by atoms with Crippen molar-refractivity contribution in [3.63, 3.8) is 0 Å². The van der Waals surface area contributed by atoms with Crippen molar-refractivity contribution in [2.24, 2.45) is 0 Å². The predicted molar refractivity (Wildman–Crippen MR) is 106 cm³/mol. The number of likely N-dealkylation sites (N-methyl/N-ethyl adjacent to an activating group) is 1. The molecule has 0 N–H and O–H groups in total. The van der Waals surface area contributed by atoms with Gasteiger partial charge < -0.3 is 9.47 Å². The van der Waals surface area contributed by atoms with Crippen LogP contribution >= 0.6 is 11.6 Å². The highest BCUT2D eigenvalue weighted by atomic mass is 35.5. The van der Waals surface area contributed by atoms with Crippen LogP contribution in [0.25, 0.3) is 27.8 Å². The van der Waals surface area contributed by atoms with Gasteiger partial charge in [-0.3, -0.25) is 4.79 Å². The third kappa shape index (κ3) is 2.89. The van der Waals surface area contributed by atoms with Crippen molar-refractivity contribution in [1.82, 2.24) is 19.2 Å². The molecule has 0 aliphatic carbocycles. The lowest BCUT2D eigenvalue weighted by atomic mass is 10.1. The predicted octanol–water partition coefficient (Wildman–Crippen LogP) is 3.51. The maximum absolute atomic E-state index is 13.0. The third-order valence-electron chi connectivity index (χ3n) is 4.49. The van der Waals surface area contributed by atoms with Crippen LogP contribution in [0.4, 0.5) is 0 Å². The van der Waals surface area contributed by atoms with Crippen LogP contribution in [0, 0.1) is 0 Å². The fourth-order valence-corrected chi connectivity index (χ4v) is 3.26. The highest BCUT2D eigenvalue weighted by Crippen LogP contribution is 2.28. The molecule has 0 saturated carbocycles. The Labute approximate surface area is 156 Å². The summed E-state index contributed by atoms with van der Waals surface area (Å²) < 4.78 is 3.58. The zero-order chi connectivity index (χ0) is 18.3. The van der Waals surface area contributed by atoms with Crippen LogP contribution < -0.4 is 5.56 Å². The Morgan fingerprint density at radius 3 is 2.54 bits per heavy atom. The number of rotatable bonds is 4. The molecule has 2 aliphatic heterocycles. The largest absolute Gasteiger partial charge is 0.345 e. The summed E-state index contributed by atoms with van der Waals surface area (Å²) in [6, 6.07) is 15.2. The van der Waals surface area contributed by atoms with E-state index < -0.39 is 0 Å². The lowest BCUT2D eigenvalue weighted by Crippen LogP contribution is -2.20. The molecular weight excluding hydrogens is 348 g/mol. The fourth-order valence-electron chi connectivity index (χ4n) is 3.13. The van der Waals surface area contributed by atoms with E-state index in [-0.39, 0.29) is 5.56 Å². The number of benzene rings is 2. The summed E-state index contributed by atoms with van der Waals surface area (Å²) in [6.45, 7) is 1.69. The monoisotopic (exact) mass is 366 g/mol. The number of aromatic nitrogens is 3. The SMILES string of the molecule is CN(C)CCn1cc2c(=O)n(-c3ccc(Cl)cc3)nc-2c2ccccc21. The zero-order valence-electron chi connectivity index (χ0n) is 14.7. The lowest BCUT2D eigenvalue weighted by molar-refractivity contribution is 0.386. The lowest BCUT2D eigenvalue weighted by Gasteiger charge is -2.16. The smallest absolute Gasteiger partial charge is 0.282 e. The van der Waals surface area contributed by atoms with E-state index in [1.165, 1.54) is 4.68 Å². The first kappa shape index (κ1) is 16.8. The van der Waals surface area contributed by atoms with Gasteiger partial charge in [-0.25, -0.2) is 0 Å². The molecule has 2 heterocycles. The van der Waals surface area contributed by atoms with Gasteiger partial charge in [0, 0.05) is 29.7 Å². The standard InChI is InChI=1S/C20H19ClN4O/c1-23(2)11-12-24-13-17-19(16-5-3-4-6-18(16)24)22-25(20(17)26)15-9-7-14(21)8-10-15/h3-10,13H,11-12H2,1-2H3. The van der Waals surface area contributed by atoms with E-state index in [0.717, 1.165) is 29.7 Å². The van der Waals surface area contributed by atoms with Gasteiger partial charge in [0.15, 0.2) is 0 Å². The summed E-state index contributed by atoms with van der Waals surface area (Å²) in [6.07, 6.45) is 1.92. The van der Waals surface area contributed by atoms with Crippen molar-refractivity contribution < 1.29 is 0 Å². The fraction of sp³-hybridized carbons (Fsp3) is 0.200. The van der Waals surface area contributed by atoms with Crippen LogP contribution in [-0.2, 0) is 6.54 Å². The van der Waals surface area contributed by atoms with Crippen molar-refractivity contribution in [2.45, 2.75) is 6.54 Å². The molecule has 0 unspecified atom stereocenters. The quantitative estimate of drug-likeness (QED) is 0.555. The molecule has 2 aromatic rings. The van der Waals surface area contributed by atoms with E-state index >= 15 is 0 Å². The first-order chi connectivity index (χ1) is 12.5. The van der Waals surface area contributed by atoms with Gasteiger partial charge in [0.1, 0.15) is 5.69 Å². The Kier molecular flexibility index (Phi) is 4.26. The van der Waals surface area contributed by atoms with E-state index in [1.54, 1.807) is 24.3 Å². The molecule has 132 valence electrons. The number of hydrogen-bond acceptors (Lipinski definition) is 3. The van der Waals surface area contributed by atoms with E-state index in [4.69, 9.17) is 11.6 Å². The molecule has 5 nitrogen and oxygen atoms in total. The molecule has 0 saturated heterocycles. The van der Waals surface area contributed by atoms with Gasteiger partial charge in [0.05, 0.1) is 16.8 Å². The Morgan fingerprint density at radius 1 is 1.08 bits per heavy atom. The minimum atomic E-state index is -0.119. The number of fused-ring (bicyclic) bond motifs is 3. The molecule has 2 aliphatic rings. The van der Waals surface area contributed by atoms with Crippen molar-refractivity contribution in [2.75, 3.05) is 20.6 Å². The Balaban J connectivity index is 1.95. The second kappa shape index (κ2) is 6.59. The van der Waals surface area contributed by atoms with Gasteiger partial charge >= 0.3 is 0 Å². The average molecular weight is 367 g/mol. The van der Waals surface area contributed by atoms with Crippen LogP contribution in [0.15, 0.2) is 59.5 Å². The van der Waals surface area contributed by atoms with Crippen molar-refractivity contribution in [3.05, 3.63) is 70.1 Å². The molecule has 0 spiro atoms. The van der Waals surface area contributed by atoms with Crippen LogP contribution in [0.3, 0.4) is 0 Å². The minimum Gasteiger partial charge on any atom is -0.345 e. The Bertz CT molecular complexity index is 1100. The molecule has 0 bridgehead atoms. The Morgan fingerprint density at radius 2 is 1.81 bits per heavy atom. The molecule has 2 aromatic carbocycles. The summed E-state index contributed by atoms with van der Waals surface area (Å²) in [7, 11) is 4.08.